The maximum atomic E-state index is 12.2. The Kier molecular flexibility index (Phi) is 6.53. The van der Waals surface area contributed by atoms with E-state index in [1.165, 1.54) is 32.1 Å². The minimum Gasteiger partial charge on any atom is -0.434 e. The lowest BCUT2D eigenvalue weighted by Gasteiger charge is -2.59. The number of unbranched alkanes of at least 4 members (excludes halogenated alkanes) is 1. The molecule has 0 saturated heterocycles. The molecule has 170 valence electrons. The van der Waals surface area contributed by atoms with Gasteiger partial charge in [0.15, 0.2) is 0 Å². The van der Waals surface area contributed by atoms with Crippen LogP contribution in [0.15, 0.2) is 12.2 Å². The van der Waals surface area contributed by atoms with Gasteiger partial charge >= 0.3 is 6.16 Å². The molecule has 0 N–H and O–H groups in total. The molecule has 0 aliphatic heterocycles. The summed E-state index contributed by atoms with van der Waals surface area (Å²) in [7, 11) is 0. The molecule has 8 atom stereocenters. The molecule has 4 rings (SSSR count). The van der Waals surface area contributed by atoms with Crippen molar-refractivity contribution in [2.45, 2.75) is 97.7 Å². The first-order valence-corrected chi connectivity index (χ1v) is 12.6. The van der Waals surface area contributed by atoms with Gasteiger partial charge in [0.05, 0.1) is 12.7 Å². The molecule has 4 heteroatoms. The van der Waals surface area contributed by atoms with Crippen molar-refractivity contribution < 1.29 is 19.0 Å². The molecular weight excluding hydrogens is 376 g/mol. The van der Waals surface area contributed by atoms with E-state index in [0.29, 0.717) is 24.0 Å². The Morgan fingerprint density at radius 2 is 1.90 bits per heavy atom. The fourth-order valence-electron chi connectivity index (χ4n) is 7.71. The first-order valence-electron chi connectivity index (χ1n) is 12.6. The zero-order chi connectivity index (χ0) is 21.4. The van der Waals surface area contributed by atoms with Crippen LogP contribution in [0.2, 0.25) is 0 Å². The van der Waals surface area contributed by atoms with Crippen molar-refractivity contribution in [1.82, 2.24) is 0 Å². The van der Waals surface area contributed by atoms with Gasteiger partial charge in [0.1, 0.15) is 6.10 Å². The van der Waals surface area contributed by atoms with Crippen molar-refractivity contribution in [3.63, 3.8) is 0 Å². The van der Waals surface area contributed by atoms with Gasteiger partial charge in [-0.25, -0.2) is 4.79 Å². The Morgan fingerprint density at radius 1 is 1.07 bits per heavy atom. The number of carbonyl (C=O) groups excluding carboxylic acids is 1. The fraction of sp³-hybridized carbons (Fsp3) is 0.885. The van der Waals surface area contributed by atoms with E-state index in [4.69, 9.17) is 14.2 Å². The number of allylic oxidation sites excluding steroid dienone is 1. The molecule has 0 aromatic rings. The number of hydrogen-bond acceptors (Lipinski definition) is 4. The van der Waals surface area contributed by atoms with Gasteiger partial charge in [-0.05, 0) is 87.4 Å². The van der Waals surface area contributed by atoms with Crippen LogP contribution in [-0.2, 0) is 14.2 Å². The van der Waals surface area contributed by atoms with Crippen LogP contribution in [0.4, 0.5) is 4.79 Å². The quantitative estimate of drug-likeness (QED) is 0.279. The van der Waals surface area contributed by atoms with Crippen LogP contribution >= 0.6 is 0 Å². The predicted octanol–water partition coefficient (Wildman–Crippen LogP) is 6.53. The third-order valence-corrected chi connectivity index (χ3v) is 9.40. The van der Waals surface area contributed by atoms with Crippen LogP contribution in [0.5, 0.6) is 0 Å². The number of fused-ring (bicyclic) bond motifs is 5. The monoisotopic (exact) mass is 418 g/mol. The lowest BCUT2D eigenvalue weighted by Crippen LogP contribution is -2.53. The number of hydrogen-bond donors (Lipinski definition) is 0. The van der Waals surface area contributed by atoms with Crippen LogP contribution in [0.25, 0.3) is 0 Å². The fourth-order valence-corrected chi connectivity index (χ4v) is 7.71. The molecule has 0 aromatic heterocycles. The molecule has 3 saturated carbocycles. The Labute approximate surface area is 183 Å². The maximum absolute atomic E-state index is 12.2. The highest BCUT2D eigenvalue weighted by Crippen LogP contribution is 2.65. The molecule has 4 aliphatic carbocycles. The summed E-state index contributed by atoms with van der Waals surface area (Å²) in [6.45, 7) is 10.4. The maximum Gasteiger partial charge on any atom is 0.508 e. The van der Waals surface area contributed by atoms with Crippen molar-refractivity contribution >= 4 is 6.16 Å². The summed E-state index contributed by atoms with van der Waals surface area (Å²) in [5.41, 5.74) is 0.413. The summed E-state index contributed by atoms with van der Waals surface area (Å²) in [5.74, 6) is 2.92. The van der Waals surface area contributed by atoms with Crippen molar-refractivity contribution in [2.24, 2.45) is 34.5 Å². The summed E-state index contributed by atoms with van der Waals surface area (Å²) in [5, 5.41) is 0. The third kappa shape index (κ3) is 3.82. The second kappa shape index (κ2) is 8.84. The first-order chi connectivity index (χ1) is 14.4. The van der Waals surface area contributed by atoms with Gasteiger partial charge in [-0.3, -0.25) is 0 Å². The van der Waals surface area contributed by atoms with Crippen molar-refractivity contribution in [3.05, 3.63) is 12.2 Å². The minimum atomic E-state index is -0.453. The topological polar surface area (TPSA) is 44.8 Å². The van der Waals surface area contributed by atoms with E-state index in [2.05, 4.69) is 39.8 Å². The van der Waals surface area contributed by atoms with Gasteiger partial charge in [0, 0.05) is 12.0 Å². The molecule has 0 radical (unpaired) electrons. The highest BCUT2D eigenvalue weighted by atomic mass is 16.7. The SMILES string of the molecule is CCCCOC(=O)O[C@H]1CC[C@H]2[C@@H]3CC[C@H]4C[C@H](OCC)C=C[C@]4(C)[C@H]3CC[C@]12C. The standard InChI is InChI=1S/C26H42O4/c1-5-7-16-29-24(27)30-23-11-10-21-20-9-8-18-17-19(28-6-2)12-14-25(18,3)22(20)13-15-26(21,23)4/h12,14,18-23H,5-11,13,15-17H2,1-4H3/t18-,19+,20-,21-,22-,23-,25-,26-/m0/s1. The first kappa shape index (κ1) is 22.2. The predicted molar refractivity (Wildman–Crippen MR) is 118 cm³/mol. The molecule has 0 unspecified atom stereocenters. The van der Waals surface area contributed by atoms with E-state index < -0.39 is 6.16 Å². The van der Waals surface area contributed by atoms with Crippen molar-refractivity contribution in [1.29, 1.82) is 0 Å². The van der Waals surface area contributed by atoms with E-state index in [9.17, 15) is 4.79 Å². The third-order valence-electron chi connectivity index (χ3n) is 9.40. The number of ether oxygens (including phenoxy) is 3. The zero-order valence-electron chi connectivity index (χ0n) is 19.5. The van der Waals surface area contributed by atoms with Crippen LogP contribution in [0.3, 0.4) is 0 Å². The summed E-state index contributed by atoms with van der Waals surface area (Å²) < 4.78 is 17.1. The van der Waals surface area contributed by atoms with Crippen molar-refractivity contribution in [3.8, 4) is 0 Å². The lowest BCUT2D eigenvalue weighted by atomic mass is 9.46. The molecule has 0 aromatic carbocycles. The Bertz CT molecular complexity index is 645. The smallest absolute Gasteiger partial charge is 0.434 e. The number of rotatable bonds is 6. The zero-order valence-corrected chi connectivity index (χ0v) is 19.5. The number of carbonyl (C=O) groups is 1. The van der Waals surface area contributed by atoms with Crippen LogP contribution < -0.4 is 0 Å². The molecule has 0 spiro atoms. The van der Waals surface area contributed by atoms with Gasteiger partial charge in [0.25, 0.3) is 0 Å². The van der Waals surface area contributed by atoms with E-state index in [1.54, 1.807) is 0 Å². The molecular formula is C26H42O4. The summed E-state index contributed by atoms with van der Waals surface area (Å²) in [6, 6.07) is 0. The minimum absolute atomic E-state index is 0.0207. The van der Waals surface area contributed by atoms with E-state index in [1.807, 2.05) is 0 Å². The second-order valence-corrected chi connectivity index (χ2v) is 10.8. The highest BCUT2D eigenvalue weighted by molar-refractivity contribution is 5.60. The Hall–Kier alpha value is -1.03. The average molecular weight is 419 g/mol. The lowest BCUT2D eigenvalue weighted by molar-refractivity contribution is -0.109. The molecule has 3 fully saturated rings. The summed E-state index contributed by atoms with van der Waals surface area (Å²) in [6.07, 6.45) is 15.1. The van der Waals surface area contributed by atoms with E-state index in [-0.39, 0.29) is 11.5 Å². The van der Waals surface area contributed by atoms with Crippen LogP contribution in [-0.4, -0.2) is 31.6 Å². The highest BCUT2D eigenvalue weighted by Gasteiger charge is 2.60. The molecule has 4 aliphatic rings. The van der Waals surface area contributed by atoms with Crippen molar-refractivity contribution in [2.75, 3.05) is 13.2 Å². The molecule has 0 amide bonds. The molecule has 30 heavy (non-hydrogen) atoms. The van der Waals surface area contributed by atoms with Gasteiger partial charge in [-0.1, -0.05) is 39.3 Å². The largest absolute Gasteiger partial charge is 0.508 e. The van der Waals surface area contributed by atoms with Gasteiger partial charge in [0.2, 0.25) is 0 Å². The molecule has 4 nitrogen and oxygen atoms in total. The van der Waals surface area contributed by atoms with E-state index in [0.717, 1.165) is 50.0 Å². The van der Waals surface area contributed by atoms with Gasteiger partial charge in [-0.15, -0.1) is 0 Å². The summed E-state index contributed by atoms with van der Waals surface area (Å²) >= 11 is 0. The van der Waals surface area contributed by atoms with Gasteiger partial charge < -0.3 is 14.2 Å². The van der Waals surface area contributed by atoms with Gasteiger partial charge in [-0.2, -0.15) is 0 Å². The van der Waals surface area contributed by atoms with Crippen LogP contribution in [0.1, 0.15) is 85.5 Å². The Balaban J connectivity index is 1.45. The van der Waals surface area contributed by atoms with E-state index >= 15 is 0 Å². The van der Waals surface area contributed by atoms with Crippen LogP contribution in [0, 0.1) is 34.5 Å². The molecule has 0 bridgehead atoms. The second-order valence-electron chi connectivity index (χ2n) is 10.8. The normalized spacial score (nSPS) is 44.7. The Morgan fingerprint density at radius 3 is 2.67 bits per heavy atom. The average Bonchev–Trinajstić information content (AvgIpc) is 3.05. The molecule has 0 heterocycles. The summed E-state index contributed by atoms with van der Waals surface area (Å²) in [4.78, 5) is 12.2.